The van der Waals surface area contributed by atoms with Gasteiger partial charge in [-0.15, -0.1) is 10.2 Å². The van der Waals surface area contributed by atoms with Gasteiger partial charge in [-0.1, -0.05) is 53.7 Å². The van der Waals surface area contributed by atoms with Gasteiger partial charge in [0.15, 0.2) is 6.10 Å². The van der Waals surface area contributed by atoms with E-state index in [0.29, 0.717) is 28.2 Å². The summed E-state index contributed by atoms with van der Waals surface area (Å²) < 4.78 is 16.7. The van der Waals surface area contributed by atoms with Gasteiger partial charge < -0.3 is 13.7 Å². The van der Waals surface area contributed by atoms with E-state index in [1.54, 1.807) is 19.9 Å². The van der Waals surface area contributed by atoms with Gasteiger partial charge >= 0.3 is 5.97 Å². The minimum atomic E-state index is -0.754. The third-order valence-corrected chi connectivity index (χ3v) is 5.00. The molecule has 32 heavy (non-hydrogen) atoms. The average molecular weight is 426 g/mol. The molecule has 5 rings (SSSR count). The number of ether oxygens (including phenoxy) is 1. The summed E-state index contributed by atoms with van der Waals surface area (Å²) in [6.45, 7) is 3.43. The first kappa shape index (κ1) is 19.6. The standard InChI is InChI=1S/C24H18N4O4/c1-14-20-18(13-19(25-23(20)32-28-14)16-9-5-3-6-10-16)24(29)30-15(2)21-26-27-22(31-21)17-11-7-4-8-12-17/h3-13,15H,1-2H3. The molecule has 0 saturated carbocycles. The highest BCUT2D eigenvalue weighted by Gasteiger charge is 2.24. The lowest BCUT2D eigenvalue weighted by molar-refractivity contribution is 0.0282. The molecule has 0 saturated heterocycles. The Morgan fingerprint density at radius 2 is 1.66 bits per heavy atom. The van der Waals surface area contributed by atoms with Crippen LogP contribution in [0.4, 0.5) is 0 Å². The van der Waals surface area contributed by atoms with Gasteiger partial charge in [0.25, 0.3) is 11.6 Å². The second kappa shape index (κ2) is 8.07. The van der Waals surface area contributed by atoms with E-state index in [0.717, 1.165) is 11.1 Å². The second-order valence-corrected chi connectivity index (χ2v) is 7.23. The minimum Gasteiger partial charge on any atom is -0.449 e. The molecule has 0 aliphatic heterocycles. The van der Waals surface area contributed by atoms with Gasteiger partial charge in [0, 0.05) is 11.1 Å². The Bertz CT molecular complexity index is 1390. The van der Waals surface area contributed by atoms with E-state index in [1.807, 2.05) is 60.7 Å². The molecular formula is C24H18N4O4. The molecule has 0 fully saturated rings. The lowest BCUT2D eigenvalue weighted by atomic mass is 10.1. The first-order valence-corrected chi connectivity index (χ1v) is 10.0. The van der Waals surface area contributed by atoms with Crippen molar-refractivity contribution in [3.05, 3.63) is 83.9 Å². The highest BCUT2D eigenvalue weighted by molar-refractivity contribution is 6.04. The summed E-state index contributed by atoms with van der Waals surface area (Å²) in [5, 5.41) is 12.6. The predicted molar refractivity (Wildman–Crippen MR) is 116 cm³/mol. The fourth-order valence-electron chi connectivity index (χ4n) is 3.38. The number of nitrogens with zero attached hydrogens (tertiary/aromatic N) is 4. The van der Waals surface area contributed by atoms with Gasteiger partial charge in [-0.3, -0.25) is 0 Å². The second-order valence-electron chi connectivity index (χ2n) is 7.23. The molecule has 0 aliphatic carbocycles. The van der Waals surface area contributed by atoms with Crippen molar-refractivity contribution in [3.8, 4) is 22.7 Å². The van der Waals surface area contributed by atoms with Crippen LogP contribution in [0.1, 0.15) is 35.0 Å². The SMILES string of the molecule is Cc1noc2nc(-c3ccccc3)cc(C(=O)OC(C)c3nnc(-c4ccccc4)o3)c12. The number of hydrogen-bond acceptors (Lipinski definition) is 8. The number of aromatic nitrogens is 4. The first-order chi connectivity index (χ1) is 15.6. The summed E-state index contributed by atoms with van der Waals surface area (Å²) in [5.74, 6) is -0.00304. The number of carbonyl (C=O) groups is 1. The van der Waals surface area contributed by atoms with Crippen LogP contribution in [0.25, 0.3) is 33.8 Å². The monoisotopic (exact) mass is 426 g/mol. The zero-order valence-corrected chi connectivity index (χ0v) is 17.4. The van der Waals surface area contributed by atoms with E-state index in [1.165, 1.54) is 0 Å². The molecule has 5 aromatic rings. The first-order valence-electron chi connectivity index (χ1n) is 10.0. The maximum atomic E-state index is 13.1. The minimum absolute atomic E-state index is 0.202. The topological polar surface area (TPSA) is 104 Å². The summed E-state index contributed by atoms with van der Waals surface area (Å²) in [7, 11) is 0. The predicted octanol–water partition coefficient (Wildman–Crippen LogP) is 5.17. The summed E-state index contributed by atoms with van der Waals surface area (Å²) in [5.41, 5.74) is 3.34. The fourth-order valence-corrected chi connectivity index (χ4v) is 3.38. The van der Waals surface area contributed by atoms with E-state index in [2.05, 4.69) is 20.3 Å². The van der Waals surface area contributed by atoms with Crippen LogP contribution in [-0.4, -0.2) is 26.3 Å². The molecule has 1 unspecified atom stereocenters. The molecule has 0 spiro atoms. The van der Waals surface area contributed by atoms with E-state index in [-0.39, 0.29) is 11.6 Å². The Labute approximate surface area is 182 Å². The van der Waals surface area contributed by atoms with Crippen molar-refractivity contribution < 1.29 is 18.5 Å². The highest BCUT2D eigenvalue weighted by Crippen LogP contribution is 2.29. The van der Waals surface area contributed by atoms with Gasteiger partial charge in [-0.2, -0.15) is 0 Å². The van der Waals surface area contributed by atoms with E-state index in [9.17, 15) is 4.79 Å². The smallest absolute Gasteiger partial charge is 0.339 e. The summed E-state index contributed by atoms with van der Waals surface area (Å²) >= 11 is 0. The molecular weight excluding hydrogens is 408 g/mol. The largest absolute Gasteiger partial charge is 0.449 e. The fraction of sp³-hybridized carbons (Fsp3) is 0.125. The van der Waals surface area contributed by atoms with Crippen molar-refractivity contribution >= 4 is 17.1 Å². The zero-order valence-electron chi connectivity index (χ0n) is 17.4. The molecule has 0 aliphatic rings. The van der Waals surface area contributed by atoms with Crippen molar-refractivity contribution in [1.82, 2.24) is 20.3 Å². The maximum absolute atomic E-state index is 13.1. The highest BCUT2D eigenvalue weighted by atomic mass is 16.6. The van der Waals surface area contributed by atoms with Crippen molar-refractivity contribution in [2.45, 2.75) is 20.0 Å². The maximum Gasteiger partial charge on any atom is 0.339 e. The van der Waals surface area contributed by atoms with Crippen LogP contribution < -0.4 is 0 Å². The Balaban J connectivity index is 1.46. The normalized spacial score (nSPS) is 12.1. The quantitative estimate of drug-likeness (QED) is 0.355. The molecule has 8 heteroatoms. The molecule has 2 aromatic carbocycles. The molecule has 1 atom stereocenters. The van der Waals surface area contributed by atoms with Crippen molar-refractivity contribution in [3.63, 3.8) is 0 Å². The van der Waals surface area contributed by atoms with Crippen LogP contribution in [0, 0.1) is 6.92 Å². The molecule has 0 radical (unpaired) electrons. The van der Waals surface area contributed by atoms with Crippen LogP contribution >= 0.6 is 0 Å². The Morgan fingerprint density at radius 3 is 2.38 bits per heavy atom. The molecule has 158 valence electrons. The lowest BCUT2D eigenvalue weighted by Crippen LogP contribution is -2.11. The Hall–Kier alpha value is -4.33. The molecule has 3 aromatic heterocycles. The van der Waals surface area contributed by atoms with Crippen LogP contribution in [0.5, 0.6) is 0 Å². The number of esters is 1. The van der Waals surface area contributed by atoms with Gasteiger partial charge in [-0.05, 0) is 32.0 Å². The number of pyridine rings is 1. The zero-order chi connectivity index (χ0) is 22.1. The van der Waals surface area contributed by atoms with Crippen LogP contribution in [0.2, 0.25) is 0 Å². The van der Waals surface area contributed by atoms with E-state index >= 15 is 0 Å². The number of hydrogen-bond donors (Lipinski definition) is 0. The number of rotatable bonds is 5. The van der Waals surface area contributed by atoms with Crippen molar-refractivity contribution in [2.75, 3.05) is 0 Å². The van der Waals surface area contributed by atoms with Crippen molar-refractivity contribution in [2.24, 2.45) is 0 Å². The number of benzene rings is 2. The molecule has 3 heterocycles. The summed E-state index contributed by atoms with van der Waals surface area (Å²) in [6.07, 6.45) is -0.754. The van der Waals surface area contributed by atoms with E-state index in [4.69, 9.17) is 13.7 Å². The van der Waals surface area contributed by atoms with Crippen LogP contribution in [0.15, 0.2) is 75.7 Å². The molecule has 8 nitrogen and oxygen atoms in total. The van der Waals surface area contributed by atoms with Crippen molar-refractivity contribution in [1.29, 1.82) is 0 Å². The lowest BCUT2D eigenvalue weighted by Gasteiger charge is -2.11. The summed E-state index contributed by atoms with van der Waals surface area (Å²) in [4.78, 5) is 17.6. The van der Waals surface area contributed by atoms with Gasteiger partial charge in [0.2, 0.25) is 5.89 Å². The van der Waals surface area contributed by atoms with Gasteiger partial charge in [0.05, 0.1) is 22.3 Å². The number of carbonyl (C=O) groups excluding carboxylic acids is 1. The molecule has 0 amide bonds. The third kappa shape index (κ3) is 3.62. The average Bonchev–Trinajstić information content (AvgIpc) is 3.47. The third-order valence-electron chi connectivity index (χ3n) is 5.00. The number of aryl methyl sites for hydroxylation is 1. The Kier molecular flexibility index (Phi) is 4.95. The van der Waals surface area contributed by atoms with Crippen LogP contribution in [-0.2, 0) is 4.74 Å². The van der Waals surface area contributed by atoms with E-state index < -0.39 is 12.1 Å². The van der Waals surface area contributed by atoms with Gasteiger partial charge in [0.1, 0.15) is 0 Å². The van der Waals surface area contributed by atoms with Gasteiger partial charge in [-0.25, -0.2) is 9.78 Å². The number of fused-ring (bicyclic) bond motifs is 1. The summed E-state index contributed by atoms with van der Waals surface area (Å²) in [6, 6.07) is 20.6. The molecule has 0 N–H and O–H groups in total. The van der Waals surface area contributed by atoms with Crippen LogP contribution in [0.3, 0.4) is 0 Å². The molecule has 0 bridgehead atoms. The Morgan fingerprint density at radius 1 is 0.969 bits per heavy atom.